The van der Waals surface area contributed by atoms with E-state index in [9.17, 15) is 9.59 Å². The zero-order chi connectivity index (χ0) is 16.6. The Hall–Kier alpha value is -2.14. The molecule has 0 radical (unpaired) electrons. The third-order valence-corrected chi connectivity index (χ3v) is 5.03. The van der Waals surface area contributed by atoms with Gasteiger partial charge in [0, 0.05) is 21.5 Å². The van der Waals surface area contributed by atoms with Crippen LogP contribution >= 0.6 is 11.3 Å². The number of ether oxygens (including phenoxy) is 1. The fraction of sp³-hybridized carbons (Fsp3) is 0.333. The van der Waals surface area contributed by atoms with Gasteiger partial charge in [0.15, 0.2) is 6.61 Å². The molecule has 0 N–H and O–H groups in total. The SMILES string of the molecule is Cc1cc(C(=O)OCC(=O)N2c3ccccc3C[C@H]2C)c(C)s1. The average Bonchev–Trinajstić information content (AvgIpc) is 3.02. The smallest absolute Gasteiger partial charge is 0.339 e. The quantitative estimate of drug-likeness (QED) is 0.810. The Kier molecular flexibility index (Phi) is 4.22. The van der Waals surface area contributed by atoms with Crippen molar-refractivity contribution in [3.63, 3.8) is 0 Å². The fourth-order valence-electron chi connectivity index (χ4n) is 3.05. The lowest BCUT2D eigenvalue weighted by atomic mass is 10.1. The molecule has 0 saturated heterocycles. The monoisotopic (exact) mass is 329 g/mol. The lowest BCUT2D eigenvalue weighted by Crippen LogP contribution is -2.38. The first-order chi connectivity index (χ1) is 11.0. The van der Waals surface area contributed by atoms with Crippen molar-refractivity contribution in [2.24, 2.45) is 0 Å². The molecule has 23 heavy (non-hydrogen) atoms. The Labute approximate surface area is 139 Å². The van der Waals surface area contributed by atoms with Crippen molar-refractivity contribution in [1.29, 1.82) is 0 Å². The molecule has 3 rings (SSSR count). The highest BCUT2D eigenvalue weighted by Crippen LogP contribution is 2.31. The Morgan fingerprint density at radius 2 is 2.04 bits per heavy atom. The molecule has 0 unspecified atom stereocenters. The molecule has 2 heterocycles. The van der Waals surface area contributed by atoms with Gasteiger partial charge in [-0.25, -0.2) is 4.79 Å². The standard InChI is InChI=1S/C18H19NO3S/c1-11-8-14-6-4-5-7-16(14)19(11)17(20)10-22-18(21)15-9-12(2)23-13(15)3/h4-7,9,11H,8,10H2,1-3H3/t11-/m1/s1. The molecule has 0 spiro atoms. The van der Waals surface area contributed by atoms with Gasteiger partial charge in [-0.1, -0.05) is 18.2 Å². The fourth-order valence-corrected chi connectivity index (χ4v) is 3.97. The summed E-state index contributed by atoms with van der Waals surface area (Å²) >= 11 is 1.55. The Morgan fingerprint density at radius 1 is 1.30 bits per heavy atom. The Balaban J connectivity index is 1.68. The lowest BCUT2D eigenvalue weighted by molar-refractivity contribution is -0.122. The molecule has 1 aromatic carbocycles. The summed E-state index contributed by atoms with van der Waals surface area (Å²) in [6.45, 7) is 5.61. The van der Waals surface area contributed by atoms with E-state index >= 15 is 0 Å². The van der Waals surface area contributed by atoms with Crippen LogP contribution in [0.1, 0.15) is 32.6 Å². The molecule has 1 amide bonds. The second-order valence-electron chi connectivity index (χ2n) is 5.85. The number of carbonyl (C=O) groups excluding carboxylic acids is 2. The normalized spacial score (nSPS) is 16.3. The number of carbonyl (C=O) groups is 2. The summed E-state index contributed by atoms with van der Waals surface area (Å²) in [7, 11) is 0. The zero-order valence-corrected chi connectivity index (χ0v) is 14.3. The number of nitrogens with zero attached hydrogens (tertiary/aromatic N) is 1. The number of benzene rings is 1. The number of esters is 1. The van der Waals surface area contributed by atoms with Gasteiger partial charge in [-0.15, -0.1) is 11.3 Å². The minimum atomic E-state index is -0.430. The Morgan fingerprint density at radius 3 is 2.74 bits per heavy atom. The van der Waals surface area contributed by atoms with Crippen LogP contribution in [0.5, 0.6) is 0 Å². The van der Waals surface area contributed by atoms with Crippen LogP contribution in [0, 0.1) is 13.8 Å². The van der Waals surface area contributed by atoms with E-state index in [1.165, 1.54) is 0 Å². The molecule has 2 aromatic rings. The van der Waals surface area contributed by atoms with E-state index in [4.69, 9.17) is 4.74 Å². The first-order valence-electron chi connectivity index (χ1n) is 7.61. The highest BCUT2D eigenvalue weighted by Gasteiger charge is 2.31. The van der Waals surface area contributed by atoms with Gasteiger partial charge < -0.3 is 9.64 Å². The van der Waals surface area contributed by atoms with E-state index in [0.29, 0.717) is 5.56 Å². The van der Waals surface area contributed by atoms with Crippen molar-refractivity contribution < 1.29 is 14.3 Å². The first-order valence-corrected chi connectivity index (χ1v) is 8.43. The molecule has 1 aliphatic rings. The van der Waals surface area contributed by atoms with E-state index in [2.05, 4.69) is 0 Å². The van der Waals surface area contributed by atoms with E-state index in [-0.39, 0.29) is 18.6 Å². The predicted octanol–water partition coefficient (Wildman–Crippen LogP) is 3.50. The van der Waals surface area contributed by atoms with Crippen LogP contribution < -0.4 is 4.90 Å². The first kappa shape index (κ1) is 15.7. The number of thiophene rings is 1. The summed E-state index contributed by atoms with van der Waals surface area (Å²) in [6.07, 6.45) is 0.832. The molecule has 0 fully saturated rings. The molecule has 1 atom stereocenters. The average molecular weight is 329 g/mol. The van der Waals surface area contributed by atoms with Crippen LogP contribution in [0.25, 0.3) is 0 Å². The minimum absolute atomic E-state index is 0.0868. The van der Waals surface area contributed by atoms with Gasteiger partial charge in [-0.3, -0.25) is 4.79 Å². The number of anilines is 1. The van der Waals surface area contributed by atoms with Crippen molar-refractivity contribution in [1.82, 2.24) is 0 Å². The van der Waals surface area contributed by atoms with Crippen LogP contribution in [0.15, 0.2) is 30.3 Å². The zero-order valence-electron chi connectivity index (χ0n) is 13.5. The summed E-state index contributed by atoms with van der Waals surface area (Å²) in [4.78, 5) is 28.3. The van der Waals surface area contributed by atoms with Crippen molar-refractivity contribution in [3.05, 3.63) is 51.2 Å². The van der Waals surface area contributed by atoms with Crippen molar-refractivity contribution in [3.8, 4) is 0 Å². The van der Waals surface area contributed by atoms with E-state index in [1.54, 1.807) is 22.3 Å². The van der Waals surface area contributed by atoms with Gasteiger partial charge in [0.05, 0.1) is 5.56 Å². The molecule has 4 nitrogen and oxygen atoms in total. The second kappa shape index (κ2) is 6.16. The molecule has 5 heteroatoms. The summed E-state index contributed by atoms with van der Waals surface area (Å²) in [5.41, 5.74) is 2.63. The van der Waals surface area contributed by atoms with E-state index < -0.39 is 5.97 Å². The van der Waals surface area contributed by atoms with E-state index in [1.807, 2.05) is 45.0 Å². The summed E-state index contributed by atoms with van der Waals surface area (Å²) in [5, 5.41) is 0. The lowest BCUT2D eigenvalue weighted by Gasteiger charge is -2.22. The number of hydrogen-bond donors (Lipinski definition) is 0. The van der Waals surface area contributed by atoms with Crippen molar-refractivity contribution in [2.75, 3.05) is 11.5 Å². The van der Waals surface area contributed by atoms with Gasteiger partial charge >= 0.3 is 5.97 Å². The maximum atomic E-state index is 12.5. The third-order valence-electron chi connectivity index (χ3n) is 4.06. The van der Waals surface area contributed by atoms with Crippen molar-refractivity contribution >= 4 is 28.9 Å². The number of amides is 1. The summed E-state index contributed by atoms with van der Waals surface area (Å²) in [5.74, 6) is -0.610. The van der Waals surface area contributed by atoms with Crippen LogP contribution in [0.2, 0.25) is 0 Å². The largest absolute Gasteiger partial charge is 0.452 e. The van der Waals surface area contributed by atoms with Crippen LogP contribution in [0.3, 0.4) is 0 Å². The van der Waals surface area contributed by atoms with Gasteiger partial charge in [-0.05, 0) is 44.9 Å². The molecule has 0 saturated carbocycles. The summed E-state index contributed by atoms with van der Waals surface area (Å²) < 4.78 is 5.24. The topological polar surface area (TPSA) is 46.6 Å². The Bertz CT molecular complexity index is 765. The highest BCUT2D eigenvalue weighted by molar-refractivity contribution is 7.12. The summed E-state index contributed by atoms with van der Waals surface area (Å²) in [6, 6.07) is 9.75. The van der Waals surface area contributed by atoms with Crippen LogP contribution in [-0.2, 0) is 16.0 Å². The molecule has 1 aliphatic heterocycles. The second-order valence-corrected chi connectivity index (χ2v) is 7.31. The number of hydrogen-bond acceptors (Lipinski definition) is 4. The molecular weight excluding hydrogens is 310 g/mol. The maximum absolute atomic E-state index is 12.5. The molecule has 1 aromatic heterocycles. The van der Waals surface area contributed by atoms with Gasteiger partial charge in [0.1, 0.15) is 0 Å². The number of para-hydroxylation sites is 1. The molecule has 120 valence electrons. The molecule has 0 aliphatic carbocycles. The van der Waals surface area contributed by atoms with Gasteiger partial charge in [0.25, 0.3) is 5.91 Å². The van der Waals surface area contributed by atoms with Gasteiger partial charge in [-0.2, -0.15) is 0 Å². The van der Waals surface area contributed by atoms with Crippen LogP contribution in [0.4, 0.5) is 5.69 Å². The number of rotatable bonds is 3. The number of aryl methyl sites for hydroxylation is 2. The predicted molar refractivity (Wildman–Crippen MR) is 91.2 cm³/mol. The highest BCUT2D eigenvalue weighted by atomic mass is 32.1. The minimum Gasteiger partial charge on any atom is -0.452 e. The molecular formula is C18H19NO3S. The van der Waals surface area contributed by atoms with E-state index in [0.717, 1.165) is 27.4 Å². The van der Waals surface area contributed by atoms with Crippen molar-refractivity contribution in [2.45, 2.75) is 33.2 Å². The van der Waals surface area contributed by atoms with Gasteiger partial charge in [0.2, 0.25) is 0 Å². The third kappa shape index (κ3) is 3.01. The van der Waals surface area contributed by atoms with Crippen LogP contribution in [-0.4, -0.2) is 24.5 Å². The molecule has 0 bridgehead atoms. The number of fused-ring (bicyclic) bond motifs is 1. The maximum Gasteiger partial charge on any atom is 0.339 e.